The van der Waals surface area contributed by atoms with Crippen molar-refractivity contribution in [3.8, 4) is 11.1 Å². The van der Waals surface area contributed by atoms with Gasteiger partial charge in [0.05, 0.1) is 23.6 Å². The van der Waals surface area contributed by atoms with Crippen LogP contribution in [0.4, 0.5) is 10.5 Å². The molecule has 9 nitrogen and oxygen atoms in total. The highest BCUT2D eigenvalue weighted by Gasteiger charge is 2.23. The third kappa shape index (κ3) is 4.01. The molecule has 2 amide bonds. The van der Waals surface area contributed by atoms with Crippen molar-refractivity contribution in [2.24, 2.45) is 7.05 Å². The van der Waals surface area contributed by atoms with Crippen LogP contribution in [0.3, 0.4) is 0 Å². The lowest BCUT2D eigenvalue weighted by molar-refractivity contribution is 0.194. The van der Waals surface area contributed by atoms with Gasteiger partial charge >= 0.3 is 6.03 Å². The minimum absolute atomic E-state index is 0.0359. The fourth-order valence-electron chi connectivity index (χ4n) is 4.00. The lowest BCUT2D eigenvalue weighted by Gasteiger charge is -2.35. The van der Waals surface area contributed by atoms with Crippen molar-refractivity contribution in [1.82, 2.24) is 34.6 Å². The van der Waals surface area contributed by atoms with Crippen LogP contribution in [0.15, 0.2) is 55.2 Å². The summed E-state index contributed by atoms with van der Waals surface area (Å²) in [6.07, 6.45) is 9.58. The van der Waals surface area contributed by atoms with Crippen LogP contribution >= 0.6 is 0 Å². The molecule has 9 heteroatoms. The number of aryl methyl sites for hydroxylation is 2. The summed E-state index contributed by atoms with van der Waals surface area (Å²) in [6.45, 7) is 5.31. The van der Waals surface area contributed by atoms with Gasteiger partial charge in [0.1, 0.15) is 0 Å². The minimum atomic E-state index is -0.0359. The van der Waals surface area contributed by atoms with Gasteiger partial charge in [0, 0.05) is 75.2 Å². The van der Waals surface area contributed by atoms with E-state index in [0.29, 0.717) is 19.6 Å². The van der Waals surface area contributed by atoms with Crippen LogP contribution < -0.4 is 10.2 Å². The van der Waals surface area contributed by atoms with Crippen LogP contribution in [0.25, 0.3) is 16.6 Å². The number of hydrogen-bond donors (Lipinski definition) is 1. The van der Waals surface area contributed by atoms with Gasteiger partial charge in [-0.3, -0.25) is 9.67 Å². The quantitative estimate of drug-likeness (QED) is 0.538. The van der Waals surface area contributed by atoms with Gasteiger partial charge in [0.2, 0.25) is 0 Å². The fraction of sp³-hybridized carbons (Fsp3) is 0.304. The molecular weight excluding hydrogens is 404 g/mol. The van der Waals surface area contributed by atoms with Gasteiger partial charge in [-0.05, 0) is 24.6 Å². The molecule has 1 fully saturated rings. The summed E-state index contributed by atoms with van der Waals surface area (Å²) >= 11 is 0. The van der Waals surface area contributed by atoms with E-state index in [0.717, 1.165) is 46.7 Å². The number of aromatic nitrogens is 5. The molecule has 0 unspecified atom stereocenters. The number of hydrogen-bond acceptors (Lipinski definition) is 5. The van der Waals surface area contributed by atoms with Crippen LogP contribution in [-0.4, -0.2) is 61.5 Å². The molecule has 4 aromatic rings. The Balaban J connectivity index is 1.21. The Bertz CT molecular complexity index is 1230. The molecule has 0 saturated carbocycles. The van der Waals surface area contributed by atoms with E-state index in [9.17, 15) is 4.79 Å². The molecule has 0 aliphatic carbocycles. The number of carbonyl (C=O) groups excluding carboxylic acids is 1. The normalized spacial score (nSPS) is 14.2. The number of anilines is 1. The van der Waals surface area contributed by atoms with Crippen molar-refractivity contribution < 1.29 is 4.79 Å². The van der Waals surface area contributed by atoms with Crippen LogP contribution in [0.2, 0.25) is 0 Å². The molecule has 1 aliphatic heterocycles. The van der Waals surface area contributed by atoms with E-state index in [1.54, 1.807) is 10.9 Å². The first-order chi connectivity index (χ1) is 15.6. The SMILES string of the molecule is Cc1ccc(CNC(=O)N2CCN(c3cnn4cc(-c5cnn(C)c5)ccc34)CC2)cn1. The molecule has 0 aromatic carbocycles. The van der Waals surface area contributed by atoms with Gasteiger partial charge in [0.15, 0.2) is 0 Å². The maximum atomic E-state index is 12.6. The maximum absolute atomic E-state index is 12.6. The highest BCUT2D eigenvalue weighted by atomic mass is 16.2. The van der Waals surface area contributed by atoms with E-state index < -0.39 is 0 Å². The number of carbonyl (C=O) groups is 1. The molecule has 32 heavy (non-hydrogen) atoms. The zero-order chi connectivity index (χ0) is 22.1. The molecule has 0 spiro atoms. The minimum Gasteiger partial charge on any atom is -0.365 e. The van der Waals surface area contributed by atoms with Gasteiger partial charge in [-0.25, -0.2) is 9.31 Å². The zero-order valence-electron chi connectivity index (χ0n) is 18.3. The number of pyridine rings is 2. The molecular formula is C23H26N8O. The monoisotopic (exact) mass is 430 g/mol. The molecule has 1 saturated heterocycles. The third-order valence-corrected chi connectivity index (χ3v) is 5.86. The van der Waals surface area contributed by atoms with Crippen LogP contribution in [0.1, 0.15) is 11.3 Å². The molecule has 164 valence electrons. The molecule has 1 N–H and O–H groups in total. The van der Waals surface area contributed by atoms with E-state index in [-0.39, 0.29) is 6.03 Å². The fourth-order valence-corrected chi connectivity index (χ4v) is 4.00. The van der Waals surface area contributed by atoms with Crippen LogP contribution in [-0.2, 0) is 13.6 Å². The van der Waals surface area contributed by atoms with Gasteiger partial charge in [-0.2, -0.15) is 10.2 Å². The Morgan fingerprint density at radius 1 is 0.969 bits per heavy atom. The van der Waals surface area contributed by atoms with Gasteiger partial charge in [0.25, 0.3) is 0 Å². The summed E-state index contributed by atoms with van der Waals surface area (Å²) in [5.74, 6) is 0. The van der Waals surface area contributed by atoms with E-state index >= 15 is 0 Å². The van der Waals surface area contributed by atoms with Crippen molar-refractivity contribution >= 4 is 17.2 Å². The number of nitrogens with zero attached hydrogens (tertiary/aromatic N) is 7. The second-order valence-electron chi connectivity index (χ2n) is 8.12. The number of urea groups is 1. The van der Waals surface area contributed by atoms with Crippen molar-refractivity contribution in [1.29, 1.82) is 0 Å². The smallest absolute Gasteiger partial charge is 0.317 e. The topological polar surface area (TPSA) is 83.6 Å². The second kappa shape index (κ2) is 8.33. The molecule has 1 aliphatic rings. The molecule has 5 rings (SSSR count). The van der Waals surface area contributed by atoms with E-state index in [1.165, 1.54) is 0 Å². The van der Waals surface area contributed by atoms with Crippen molar-refractivity contribution in [2.75, 3.05) is 31.1 Å². The Morgan fingerprint density at radius 3 is 2.53 bits per heavy atom. The number of nitrogens with one attached hydrogen (secondary N) is 1. The average Bonchev–Trinajstić information content (AvgIpc) is 3.44. The molecule has 0 radical (unpaired) electrons. The lowest BCUT2D eigenvalue weighted by Crippen LogP contribution is -2.51. The summed E-state index contributed by atoms with van der Waals surface area (Å²) in [6, 6.07) is 8.11. The highest BCUT2D eigenvalue weighted by molar-refractivity contribution is 5.77. The van der Waals surface area contributed by atoms with E-state index in [1.807, 2.05) is 60.3 Å². The predicted molar refractivity (Wildman–Crippen MR) is 122 cm³/mol. The standard InChI is InChI=1S/C23H26N8O/c1-17-3-4-18(11-24-17)12-25-23(32)30-9-7-29(8-10-30)22-14-27-31-16-19(5-6-21(22)31)20-13-26-28(2)15-20/h3-6,11,13-16H,7-10,12H2,1-2H3,(H,25,32). The first-order valence-electron chi connectivity index (χ1n) is 10.7. The average molecular weight is 431 g/mol. The molecule has 0 atom stereocenters. The summed E-state index contributed by atoms with van der Waals surface area (Å²) in [4.78, 5) is 21.0. The predicted octanol–water partition coefficient (Wildman–Crippen LogP) is 2.47. The highest BCUT2D eigenvalue weighted by Crippen LogP contribution is 2.26. The Hall–Kier alpha value is -3.88. The maximum Gasteiger partial charge on any atom is 0.317 e. The van der Waals surface area contributed by atoms with Crippen molar-refractivity contribution in [3.63, 3.8) is 0 Å². The molecule has 5 heterocycles. The number of rotatable bonds is 4. The van der Waals surface area contributed by atoms with Crippen molar-refractivity contribution in [3.05, 3.63) is 66.5 Å². The van der Waals surface area contributed by atoms with Crippen molar-refractivity contribution in [2.45, 2.75) is 13.5 Å². The van der Waals surface area contributed by atoms with Gasteiger partial charge in [-0.15, -0.1) is 0 Å². The third-order valence-electron chi connectivity index (χ3n) is 5.86. The Labute approximate surface area is 186 Å². The number of fused-ring (bicyclic) bond motifs is 1. The summed E-state index contributed by atoms with van der Waals surface area (Å²) < 4.78 is 3.70. The zero-order valence-corrected chi connectivity index (χ0v) is 18.3. The summed E-state index contributed by atoms with van der Waals surface area (Å²) in [5, 5.41) is 11.8. The van der Waals surface area contributed by atoms with Gasteiger partial charge < -0.3 is 15.1 Å². The summed E-state index contributed by atoms with van der Waals surface area (Å²) in [5.41, 5.74) is 6.26. The number of piperazine rings is 1. The number of amides is 2. The lowest BCUT2D eigenvalue weighted by atomic mass is 10.1. The first kappa shape index (κ1) is 20.0. The second-order valence-corrected chi connectivity index (χ2v) is 8.12. The largest absolute Gasteiger partial charge is 0.365 e. The molecule has 0 bridgehead atoms. The van der Waals surface area contributed by atoms with Gasteiger partial charge in [-0.1, -0.05) is 12.1 Å². The molecule has 4 aromatic heterocycles. The van der Waals surface area contributed by atoms with Crippen LogP contribution in [0.5, 0.6) is 0 Å². The van der Waals surface area contributed by atoms with Crippen LogP contribution in [0, 0.1) is 6.92 Å². The summed E-state index contributed by atoms with van der Waals surface area (Å²) in [7, 11) is 1.91. The van der Waals surface area contributed by atoms with E-state index in [4.69, 9.17) is 0 Å². The Morgan fingerprint density at radius 2 is 1.81 bits per heavy atom. The Kier molecular flexibility index (Phi) is 5.22. The first-order valence-corrected chi connectivity index (χ1v) is 10.7. The van der Waals surface area contributed by atoms with E-state index in [2.05, 4.69) is 37.5 Å².